The monoisotopic (exact) mass is 628 g/mol. The number of amides is 1. The summed E-state index contributed by atoms with van der Waals surface area (Å²) in [4.78, 5) is 35.8. The fraction of sp³-hybridized carbons (Fsp3) is 0.323. The molecule has 1 fully saturated rings. The lowest BCUT2D eigenvalue weighted by Crippen LogP contribution is -2.64. The molecule has 2 atom stereocenters. The number of hydrogen-bond acceptors (Lipinski definition) is 8. The quantitative estimate of drug-likeness (QED) is 0.224. The van der Waals surface area contributed by atoms with Crippen molar-refractivity contribution in [3.63, 3.8) is 0 Å². The van der Waals surface area contributed by atoms with Crippen LogP contribution in [0.1, 0.15) is 31.9 Å². The van der Waals surface area contributed by atoms with Gasteiger partial charge in [-0.1, -0.05) is 56.3 Å². The Bertz CT molecular complexity index is 1590. The van der Waals surface area contributed by atoms with E-state index in [9.17, 15) is 32.3 Å². The van der Waals surface area contributed by atoms with E-state index in [2.05, 4.69) is 5.32 Å². The second-order valence-corrected chi connectivity index (χ2v) is 12.6. The van der Waals surface area contributed by atoms with Crippen LogP contribution in [-0.2, 0) is 41.1 Å². The normalized spacial score (nSPS) is 15.8. The number of benzene rings is 3. The highest BCUT2D eigenvalue weighted by Gasteiger charge is 2.52. The Balaban J connectivity index is 1.46. The molecule has 2 N–H and O–H groups in total. The molecule has 3 aromatic rings. The van der Waals surface area contributed by atoms with E-state index in [1.165, 1.54) is 59.8 Å². The van der Waals surface area contributed by atoms with E-state index >= 15 is 0 Å². The Morgan fingerprint density at radius 3 is 2.23 bits per heavy atom. The van der Waals surface area contributed by atoms with Crippen molar-refractivity contribution in [3.8, 4) is 5.75 Å². The van der Waals surface area contributed by atoms with Crippen molar-refractivity contribution in [2.45, 2.75) is 50.0 Å². The number of ether oxygens (including phenoxy) is 3. The fourth-order valence-electron chi connectivity index (χ4n) is 4.54. The van der Waals surface area contributed by atoms with Crippen LogP contribution in [-0.4, -0.2) is 61.3 Å². The van der Waals surface area contributed by atoms with Gasteiger partial charge in [-0.05, 0) is 47.5 Å². The van der Waals surface area contributed by atoms with Gasteiger partial charge in [0, 0.05) is 13.3 Å². The summed E-state index contributed by atoms with van der Waals surface area (Å²) in [7, 11) is -4.03. The number of carbonyl (C=O) groups excluding carboxylic acids is 2. The summed E-state index contributed by atoms with van der Waals surface area (Å²) in [5.74, 6) is -2.47. The second-order valence-electron chi connectivity index (χ2n) is 10.6. The second kappa shape index (κ2) is 13.4. The Kier molecular flexibility index (Phi) is 9.90. The molecular formula is C31H33FN2O9S. The Hall–Kier alpha value is -4.49. The van der Waals surface area contributed by atoms with Crippen LogP contribution in [0.5, 0.6) is 5.75 Å². The minimum Gasteiger partial charge on any atom is -0.480 e. The maximum atomic E-state index is 13.6. The molecule has 0 spiro atoms. The molecule has 1 saturated heterocycles. The number of hydrogen-bond donors (Lipinski definition) is 2. The zero-order valence-electron chi connectivity index (χ0n) is 24.3. The number of nitrogens with zero attached hydrogens (tertiary/aromatic N) is 1. The number of carboxylic acids is 1. The summed E-state index contributed by atoms with van der Waals surface area (Å²) >= 11 is 0. The number of carboxylic acid groups (broad SMARTS) is 1. The van der Waals surface area contributed by atoms with Crippen LogP contribution in [0.25, 0.3) is 0 Å². The third-order valence-corrected chi connectivity index (χ3v) is 8.67. The van der Waals surface area contributed by atoms with Crippen LogP contribution in [0.4, 0.5) is 9.18 Å². The van der Waals surface area contributed by atoms with Crippen molar-refractivity contribution in [1.82, 2.24) is 9.62 Å². The number of rotatable bonds is 12. The van der Waals surface area contributed by atoms with E-state index < -0.39 is 57.7 Å². The maximum Gasteiger partial charge on any atom is 0.410 e. The zero-order chi connectivity index (χ0) is 32.1. The summed E-state index contributed by atoms with van der Waals surface area (Å²) in [6.07, 6.45) is -2.63. The van der Waals surface area contributed by atoms with E-state index in [1.807, 2.05) is 30.3 Å². The standard InChI is InChI=1S/C31H33FN2O9S/c1-20(2)29(37)41-21(3)42-30(38)33-27(28(35)36)17-22-8-7-11-26(16-22)44(39,40)34-18-31(19-34,23-9-5-4-6-10-23)43-25-14-12-24(32)13-15-25/h4-16,20-21,27H,17-19H2,1-3H3,(H,33,38)(H,35,36)/t21?,27-/m0/s1. The van der Waals surface area contributed by atoms with Gasteiger partial charge in [-0.3, -0.25) is 4.79 Å². The van der Waals surface area contributed by atoms with Crippen LogP contribution in [0.15, 0.2) is 83.8 Å². The topological polar surface area (TPSA) is 149 Å². The number of sulfonamides is 1. The molecule has 11 nitrogen and oxygen atoms in total. The molecule has 0 radical (unpaired) electrons. The van der Waals surface area contributed by atoms with Crippen LogP contribution in [0, 0.1) is 11.7 Å². The van der Waals surface area contributed by atoms with Gasteiger partial charge >= 0.3 is 18.0 Å². The molecule has 1 unspecified atom stereocenters. The minimum absolute atomic E-state index is 0.0222. The van der Waals surface area contributed by atoms with Crippen LogP contribution >= 0.6 is 0 Å². The number of halogens is 1. The number of aliphatic carboxylic acids is 1. The first-order valence-corrected chi connectivity index (χ1v) is 15.2. The third kappa shape index (κ3) is 7.71. The molecule has 1 heterocycles. The summed E-state index contributed by atoms with van der Waals surface area (Å²) in [5.41, 5.74) is 0.0684. The number of alkyl carbamates (subject to hydrolysis) is 1. The number of nitrogens with one attached hydrogen (secondary N) is 1. The molecule has 3 aromatic carbocycles. The average molecular weight is 629 g/mol. The first-order chi connectivity index (χ1) is 20.8. The first kappa shape index (κ1) is 32.4. The molecule has 44 heavy (non-hydrogen) atoms. The molecule has 234 valence electrons. The van der Waals surface area contributed by atoms with Gasteiger partial charge in [-0.2, -0.15) is 4.31 Å². The fourth-order valence-corrected chi connectivity index (χ4v) is 6.14. The van der Waals surface area contributed by atoms with Crippen molar-refractivity contribution >= 4 is 28.1 Å². The SMILES string of the molecule is CC(OC(=O)N[C@@H](Cc1cccc(S(=O)(=O)N2CC(Oc3ccc(F)cc3)(c3ccccc3)C2)c1)C(=O)O)OC(=O)C(C)C. The lowest BCUT2D eigenvalue weighted by molar-refractivity contribution is -0.169. The van der Waals surface area contributed by atoms with Gasteiger partial charge < -0.3 is 24.6 Å². The molecule has 13 heteroatoms. The molecule has 0 bridgehead atoms. The molecular weight excluding hydrogens is 595 g/mol. The first-order valence-electron chi connectivity index (χ1n) is 13.8. The average Bonchev–Trinajstić information content (AvgIpc) is 2.95. The van der Waals surface area contributed by atoms with Gasteiger partial charge in [0.05, 0.1) is 23.9 Å². The zero-order valence-corrected chi connectivity index (χ0v) is 25.1. The number of carbonyl (C=O) groups is 3. The Morgan fingerprint density at radius 1 is 0.955 bits per heavy atom. The summed E-state index contributed by atoms with van der Waals surface area (Å²) in [6.45, 7) is 4.48. The molecule has 1 aliphatic heterocycles. The van der Waals surface area contributed by atoms with Crippen molar-refractivity contribution in [3.05, 3.63) is 95.8 Å². The van der Waals surface area contributed by atoms with E-state index in [-0.39, 0.29) is 24.4 Å². The van der Waals surface area contributed by atoms with Crippen LogP contribution in [0.2, 0.25) is 0 Å². The van der Waals surface area contributed by atoms with Gasteiger partial charge in [0.1, 0.15) is 17.6 Å². The van der Waals surface area contributed by atoms with E-state index in [1.54, 1.807) is 13.8 Å². The van der Waals surface area contributed by atoms with Crippen LogP contribution in [0.3, 0.4) is 0 Å². The van der Waals surface area contributed by atoms with E-state index in [0.29, 0.717) is 11.3 Å². The van der Waals surface area contributed by atoms with Crippen LogP contribution < -0.4 is 10.1 Å². The van der Waals surface area contributed by atoms with Crippen molar-refractivity contribution in [2.75, 3.05) is 13.1 Å². The largest absolute Gasteiger partial charge is 0.480 e. The van der Waals surface area contributed by atoms with E-state index in [4.69, 9.17) is 14.2 Å². The molecule has 1 amide bonds. The highest BCUT2D eigenvalue weighted by molar-refractivity contribution is 7.89. The van der Waals surface area contributed by atoms with Crippen molar-refractivity contribution in [1.29, 1.82) is 0 Å². The number of esters is 1. The van der Waals surface area contributed by atoms with Gasteiger partial charge in [0.15, 0.2) is 5.60 Å². The maximum absolute atomic E-state index is 13.6. The van der Waals surface area contributed by atoms with Crippen molar-refractivity contribution in [2.24, 2.45) is 5.92 Å². The van der Waals surface area contributed by atoms with Gasteiger partial charge in [0.2, 0.25) is 16.3 Å². The summed E-state index contributed by atoms with van der Waals surface area (Å²) in [6, 6.07) is 18.9. The smallest absolute Gasteiger partial charge is 0.410 e. The van der Waals surface area contributed by atoms with E-state index in [0.717, 1.165) is 5.56 Å². The molecule has 0 aromatic heterocycles. The molecule has 1 aliphatic rings. The molecule has 4 rings (SSSR count). The predicted molar refractivity (Wildman–Crippen MR) is 155 cm³/mol. The summed E-state index contributed by atoms with van der Waals surface area (Å²) < 4.78 is 58.0. The predicted octanol–water partition coefficient (Wildman–Crippen LogP) is 4.07. The Morgan fingerprint density at radius 2 is 1.61 bits per heavy atom. The molecule has 0 saturated carbocycles. The Labute approximate surface area is 254 Å². The third-order valence-electron chi connectivity index (χ3n) is 6.88. The highest BCUT2D eigenvalue weighted by Crippen LogP contribution is 2.40. The molecule has 0 aliphatic carbocycles. The minimum atomic E-state index is -4.03. The lowest BCUT2D eigenvalue weighted by Gasteiger charge is -2.48. The van der Waals surface area contributed by atoms with Gasteiger partial charge in [-0.25, -0.2) is 22.4 Å². The summed E-state index contributed by atoms with van der Waals surface area (Å²) in [5, 5.41) is 11.9. The van der Waals surface area contributed by atoms with Gasteiger partial charge in [0.25, 0.3) is 0 Å². The lowest BCUT2D eigenvalue weighted by atomic mass is 9.87. The van der Waals surface area contributed by atoms with Gasteiger partial charge in [-0.15, -0.1) is 0 Å². The van der Waals surface area contributed by atoms with Crippen molar-refractivity contribution < 1.29 is 46.5 Å². The highest BCUT2D eigenvalue weighted by atomic mass is 32.2.